The van der Waals surface area contributed by atoms with E-state index in [4.69, 9.17) is 27.1 Å². The topological polar surface area (TPSA) is 66.0 Å². The quantitative estimate of drug-likeness (QED) is 0.611. The first-order valence-corrected chi connectivity index (χ1v) is 9.43. The van der Waals surface area contributed by atoms with Crippen molar-refractivity contribution in [3.8, 4) is 0 Å². The number of hydrogen-bond acceptors (Lipinski definition) is 4. The third kappa shape index (κ3) is 3.24. The molecule has 1 aliphatic rings. The van der Waals surface area contributed by atoms with Gasteiger partial charge in [0, 0.05) is 37.2 Å². The highest BCUT2D eigenvalue weighted by molar-refractivity contribution is 6.17. The van der Waals surface area contributed by atoms with Crippen LogP contribution in [0.2, 0.25) is 0 Å². The molecule has 0 fully saturated rings. The fourth-order valence-electron chi connectivity index (χ4n) is 3.76. The molecule has 5 nitrogen and oxygen atoms in total. The van der Waals surface area contributed by atoms with E-state index in [-0.39, 0.29) is 0 Å². The number of anilines is 1. The summed E-state index contributed by atoms with van der Waals surface area (Å²) < 4.78 is 7.61. The molecule has 1 unspecified atom stereocenters. The minimum Gasteiger partial charge on any atom is -0.384 e. The standard InChI is InChI=1S/C18H27ClN4O/c1-12-6-5-7-13-15(12)17-16(18(20)21-13)22-14(8-11-24-2)23(17)10-4-3-9-19/h12H,3-11H2,1-2H3,(H2,20,21). The Morgan fingerprint density at radius 2 is 2.17 bits per heavy atom. The molecule has 24 heavy (non-hydrogen) atoms. The first-order valence-electron chi connectivity index (χ1n) is 8.89. The third-order valence-corrected chi connectivity index (χ3v) is 5.22. The summed E-state index contributed by atoms with van der Waals surface area (Å²) in [5, 5.41) is 0. The molecule has 2 N–H and O–H groups in total. The Morgan fingerprint density at radius 3 is 2.92 bits per heavy atom. The van der Waals surface area contributed by atoms with E-state index in [1.165, 1.54) is 23.9 Å². The molecule has 132 valence electrons. The molecule has 0 bridgehead atoms. The van der Waals surface area contributed by atoms with Gasteiger partial charge < -0.3 is 15.0 Å². The minimum absolute atomic E-state index is 0.503. The highest BCUT2D eigenvalue weighted by Crippen LogP contribution is 2.38. The Hall–Kier alpha value is -1.33. The summed E-state index contributed by atoms with van der Waals surface area (Å²) in [6.07, 6.45) is 6.23. The van der Waals surface area contributed by atoms with Crippen molar-refractivity contribution >= 4 is 28.5 Å². The summed E-state index contributed by atoms with van der Waals surface area (Å²) in [7, 11) is 1.72. The van der Waals surface area contributed by atoms with Crippen molar-refractivity contribution in [1.82, 2.24) is 14.5 Å². The van der Waals surface area contributed by atoms with E-state index in [0.717, 1.165) is 49.3 Å². The molecule has 6 heteroatoms. The molecule has 0 saturated carbocycles. The van der Waals surface area contributed by atoms with E-state index in [9.17, 15) is 0 Å². The molecule has 2 aromatic heterocycles. The van der Waals surface area contributed by atoms with Crippen molar-refractivity contribution in [3.63, 3.8) is 0 Å². The second kappa shape index (κ2) is 7.70. The fourth-order valence-corrected chi connectivity index (χ4v) is 3.95. The van der Waals surface area contributed by atoms with E-state index >= 15 is 0 Å². The van der Waals surface area contributed by atoms with Crippen molar-refractivity contribution in [3.05, 3.63) is 17.1 Å². The Bertz CT molecular complexity index is 713. The number of pyridine rings is 1. The number of unbranched alkanes of at least 4 members (excludes halogenated alkanes) is 1. The van der Waals surface area contributed by atoms with Crippen LogP contribution in [0.15, 0.2) is 0 Å². The predicted octanol–water partition coefficient (Wildman–Crippen LogP) is 3.66. The van der Waals surface area contributed by atoms with Crippen LogP contribution in [-0.4, -0.2) is 34.1 Å². The van der Waals surface area contributed by atoms with Crippen molar-refractivity contribution in [2.24, 2.45) is 0 Å². The minimum atomic E-state index is 0.503. The lowest BCUT2D eigenvalue weighted by molar-refractivity contribution is 0.199. The van der Waals surface area contributed by atoms with Crippen LogP contribution in [0.5, 0.6) is 0 Å². The number of rotatable bonds is 7. The molecular weight excluding hydrogens is 324 g/mol. The van der Waals surface area contributed by atoms with Gasteiger partial charge in [0.1, 0.15) is 11.3 Å². The maximum Gasteiger partial charge on any atom is 0.151 e. The van der Waals surface area contributed by atoms with E-state index < -0.39 is 0 Å². The zero-order valence-corrected chi connectivity index (χ0v) is 15.4. The van der Waals surface area contributed by atoms with Crippen LogP contribution in [0.25, 0.3) is 11.0 Å². The zero-order valence-electron chi connectivity index (χ0n) is 14.6. The highest BCUT2D eigenvalue weighted by Gasteiger charge is 2.26. The van der Waals surface area contributed by atoms with Crippen LogP contribution in [-0.2, 0) is 24.1 Å². The number of alkyl halides is 1. The second-order valence-corrected chi connectivity index (χ2v) is 7.04. The van der Waals surface area contributed by atoms with Gasteiger partial charge in [-0.3, -0.25) is 0 Å². The van der Waals surface area contributed by atoms with E-state index in [0.29, 0.717) is 24.2 Å². The largest absolute Gasteiger partial charge is 0.384 e. The van der Waals surface area contributed by atoms with Gasteiger partial charge in [0.15, 0.2) is 5.82 Å². The number of halogens is 1. The highest BCUT2D eigenvalue weighted by atomic mass is 35.5. The predicted molar refractivity (Wildman–Crippen MR) is 98.8 cm³/mol. The van der Waals surface area contributed by atoms with E-state index in [1.807, 2.05) is 0 Å². The number of fused-ring (bicyclic) bond motifs is 3. The van der Waals surface area contributed by atoms with Crippen LogP contribution < -0.4 is 5.73 Å². The van der Waals surface area contributed by atoms with Crippen LogP contribution in [0.3, 0.4) is 0 Å². The number of nitrogen functional groups attached to an aromatic ring is 1. The Balaban J connectivity index is 2.15. The number of nitrogens with zero attached hydrogens (tertiary/aromatic N) is 3. The monoisotopic (exact) mass is 350 g/mol. The average Bonchev–Trinajstić information content (AvgIpc) is 2.92. The van der Waals surface area contributed by atoms with Crippen molar-refractivity contribution in [2.75, 3.05) is 25.3 Å². The van der Waals surface area contributed by atoms with Crippen molar-refractivity contribution < 1.29 is 4.74 Å². The van der Waals surface area contributed by atoms with Crippen LogP contribution >= 0.6 is 11.6 Å². The number of methoxy groups -OCH3 is 1. The fraction of sp³-hybridized carbons (Fsp3) is 0.667. The first kappa shape index (κ1) is 17.5. The van der Waals surface area contributed by atoms with E-state index in [2.05, 4.69) is 16.5 Å². The number of nitrogens with two attached hydrogens (primary N) is 1. The lowest BCUT2D eigenvalue weighted by atomic mass is 9.86. The van der Waals surface area contributed by atoms with Crippen LogP contribution in [0, 0.1) is 0 Å². The first-order chi connectivity index (χ1) is 11.7. The van der Waals surface area contributed by atoms with Gasteiger partial charge in [0.25, 0.3) is 0 Å². The lowest BCUT2D eigenvalue weighted by Crippen LogP contribution is -2.14. The van der Waals surface area contributed by atoms with Gasteiger partial charge in [-0.05, 0) is 38.0 Å². The average molecular weight is 351 g/mol. The summed E-state index contributed by atoms with van der Waals surface area (Å²) in [6.45, 7) is 3.87. The van der Waals surface area contributed by atoms with Gasteiger partial charge in [-0.25, -0.2) is 9.97 Å². The Labute approximate surface area is 148 Å². The molecule has 2 aromatic rings. The third-order valence-electron chi connectivity index (χ3n) is 4.95. The zero-order chi connectivity index (χ0) is 17.1. The van der Waals surface area contributed by atoms with Gasteiger partial charge >= 0.3 is 0 Å². The molecule has 1 aliphatic carbocycles. The molecule has 0 aromatic carbocycles. The lowest BCUT2D eigenvalue weighted by Gasteiger charge is -2.24. The van der Waals surface area contributed by atoms with Gasteiger partial charge in [-0.1, -0.05) is 6.92 Å². The summed E-state index contributed by atoms with van der Waals surface area (Å²) in [5.41, 5.74) is 10.8. The Kier molecular flexibility index (Phi) is 5.61. The number of aromatic nitrogens is 3. The SMILES string of the molecule is COCCc1nc2c(N)nc3c(c2n1CCCCCl)C(C)CCC3. The molecule has 0 spiro atoms. The summed E-state index contributed by atoms with van der Waals surface area (Å²) >= 11 is 5.87. The normalized spacial score (nSPS) is 17.4. The molecule has 0 amide bonds. The molecule has 0 radical (unpaired) electrons. The smallest absolute Gasteiger partial charge is 0.151 e. The van der Waals surface area contributed by atoms with Gasteiger partial charge in [0.2, 0.25) is 0 Å². The number of hydrogen-bond donors (Lipinski definition) is 1. The maximum absolute atomic E-state index is 6.25. The molecule has 0 saturated heterocycles. The second-order valence-electron chi connectivity index (χ2n) is 6.67. The Morgan fingerprint density at radius 1 is 1.33 bits per heavy atom. The summed E-state index contributed by atoms with van der Waals surface area (Å²) in [5.74, 6) is 2.80. The van der Waals surface area contributed by atoms with Gasteiger partial charge in [-0.15, -0.1) is 11.6 Å². The number of aryl methyl sites for hydroxylation is 2. The van der Waals surface area contributed by atoms with E-state index in [1.54, 1.807) is 7.11 Å². The van der Waals surface area contributed by atoms with Crippen LogP contribution in [0.1, 0.15) is 55.6 Å². The summed E-state index contributed by atoms with van der Waals surface area (Å²) in [4.78, 5) is 9.51. The molecular formula is C18H27ClN4O. The summed E-state index contributed by atoms with van der Waals surface area (Å²) in [6, 6.07) is 0. The molecule has 3 rings (SSSR count). The van der Waals surface area contributed by atoms with Crippen molar-refractivity contribution in [2.45, 2.75) is 57.9 Å². The molecule has 1 atom stereocenters. The number of imidazole rings is 1. The number of ether oxygens (including phenoxy) is 1. The molecule has 0 aliphatic heterocycles. The van der Waals surface area contributed by atoms with Crippen molar-refractivity contribution in [1.29, 1.82) is 0 Å². The molecule has 2 heterocycles. The van der Waals surface area contributed by atoms with Crippen LogP contribution in [0.4, 0.5) is 5.82 Å². The van der Waals surface area contributed by atoms with Gasteiger partial charge in [0.05, 0.1) is 12.1 Å². The maximum atomic E-state index is 6.25. The van der Waals surface area contributed by atoms with Gasteiger partial charge in [-0.2, -0.15) is 0 Å².